The number of nitriles is 2. The second kappa shape index (κ2) is 10.5. The molecule has 36 heavy (non-hydrogen) atoms. The molecule has 1 aliphatic rings. The number of anilines is 4. The average Bonchev–Trinajstić information content (AvgIpc) is 3.30. The third kappa shape index (κ3) is 4.88. The van der Waals surface area contributed by atoms with Crippen LogP contribution >= 0.6 is 11.6 Å². The topological polar surface area (TPSA) is 177 Å². The fraction of sp³-hybridized carbons (Fsp3) is 0.364. The molecule has 3 heterocycles. The highest BCUT2D eigenvalue weighted by atomic mass is 35.5. The maximum absolute atomic E-state index is 11.5. The predicted octanol–water partition coefficient (Wildman–Crippen LogP) is 1.99. The van der Waals surface area contributed by atoms with E-state index in [-0.39, 0.29) is 18.2 Å². The lowest BCUT2D eigenvalue weighted by Crippen LogP contribution is -2.54. The lowest BCUT2D eigenvalue weighted by atomic mass is 10.0. The number of aliphatic hydroxyl groups is 1. The van der Waals surface area contributed by atoms with Crippen molar-refractivity contribution in [2.75, 3.05) is 42.3 Å². The van der Waals surface area contributed by atoms with Crippen LogP contribution in [0.1, 0.15) is 24.6 Å². The van der Waals surface area contributed by atoms with Crippen molar-refractivity contribution in [1.82, 2.24) is 24.9 Å². The number of benzene rings is 1. The molecule has 14 heteroatoms. The summed E-state index contributed by atoms with van der Waals surface area (Å²) in [4.78, 5) is 22.0. The van der Waals surface area contributed by atoms with Crippen LogP contribution in [0.3, 0.4) is 0 Å². The zero-order chi connectivity index (χ0) is 25.8. The molecule has 0 radical (unpaired) electrons. The van der Waals surface area contributed by atoms with Gasteiger partial charge in [-0.3, -0.25) is 0 Å². The smallest absolute Gasteiger partial charge is 0.407 e. The number of carbonyl (C=O) groups excluding carboxylic acids is 1. The fourth-order valence-corrected chi connectivity index (χ4v) is 4.22. The Bertz CT molecular complexity index is 1380. The number of hydrogen-bond donors (Lipinski definition) is 4. The number of halogens is 1. The van der Waals surface area contributed by atoms with E-state index in [4.69, 9.17) is 11.6 Å². The number of piperidine rings is 1. The van der Waals surface area contributed by atoms with Crippen molar-refractivity contribution >= 4 is 46.5 Å². The number of nitrogens with zero attached hydrogens (tertiary/aromatic N) is 7. The number of nitrogens with one attached hydrogen (secondary N) is 3. The van der Waals surface area contributed by atoms with Crippen molar-refractivity contribution < 1.29 is 14.6 Å². The Labute approximate surface area is 211 Å². The number of aromatic nitrogens is 4. The summed E-state index contributed by atoms with van der Waals surface area (Å²) in [5.74, 6) is 0.560. The predicted molar refractivity (Wildman–Crippen MR) is 131 cm³/mol. The fourth-order valence-electron chi connectivity index (χ4n) is 3.94. The second-order valence-corrected chi connectivity index (χ2v) is 8.32. The molecule has 1 fully saturated rings. The quantitative estimate of drug-likeness (QED) is 0.381. The number of rotatable bonds is 6. The van der Waals surface area contributed by atoms with Crippen molar-refractivity contribution in [3.05, 3.63) is 34.6 Å². The number of β-amino-alcohol motifs (C(OH)–C–C–N with tert-alkyl or cyclic N) is 1. The molecule has 2 aromatic heterocycles. The monoisotopic (exact) mass is 510 g/mol. The van der Waals surface area contributed by atoms with Crippen molar-refractivity contribution in [1.29, 1.82) is 10.5 Å². The van der Waals surface area contributed by atoms with Gasteiger partial charge in [-0.05, 0) is 25.5 Å². The van der Waals surface area contributed by atoms with Crippen LogP contribution in [0.2, 0.25) is 5.02 Å². The molecule has 1 amide bonds. The van der Waals surface area contributed by atoms with Gasteiger partial charge in [0.25, 0.3) is 0 Å². The number of ether oxygens (including phenoxy) is 1. The van der Waals surface area contributed by atoms with Crippen molar-refractivity contribution in [3.8, 4) is 12.1 Å². The zero-order valence-corrected chi connectivity index (χ0v) is 20.2. The summed E-state index contributed by atoms with van der Waals surface area (Å²) in [5.41, 5.74) is 1.85. The van der Waals surface area contributed by atoms with Crippen molar-refractivity contribution in [2.24, 2.45) is 0 Å². The molecule has 0 spiro atoms. The third-order valence-corrected chi connectivity index (χ3v) is 6.06. The summed E-state index contributed by atoms with van der Waals surface area (Å²) in [6.45, 7) is 3.11. The van der Waals surface area contributed by atoms with E-state index in [1.807, 2.05) is 17.9 Å². The first-order chi connectivity index (χ1) is 17.4. The molecule has 13 nitrogen and oxygen atoms in total. The Balaban J connectivity index is 1.66. The van der Waals surface area contributed by atoms with Crippen LogP contribution in [-0.2, 0) is 4.74 Å². The highest BCUT2D eigenvalue weighted by molar-refractivity contribution is 6.36. The molecule has 186 valence electrons. The van der Waals surface area contributed by atoms with E-state index in [9.17, 15) is 20.4 Å². The molecule has 1 aromatic carbocycles. The number of amides is 1. The van der Waals surface area contributed by atoms with Gasteiger partial charge in [0.2, 0.25) is 5.95 Å². The molecule has 2 atom stereocenters. The van der Waals surface area contributed by atoms with E-state index in [0.717, 1.165) is 0 Å². The molecule has 4 rings (SSSR count). The number of methoxy groups -OCH3 is 1. The average molecular weight is 511 g/mol. The molecular formula is C22H23ClN10O3. The first kappa shape index (κ1) is 24.8. The molecule has 0 aliphatic carbocycles. The lowest BCUT2D eigenvalue weighted by molar-refractivity contribution is 0.103. The van der Waals surface area contributed by atoms with Crippen LogP contribution < -0.4 is 20.9 Å². The first-order valence-corrected chi connectivity index (χ1v) is 11.4. The number of aliphatic hydroxyl groups excluding tert-OH is 1. The summed E-state index contributed by atoms with van der Waals surface area (Å²) in [7, 11) is 1.26. The van der Waals surface area contributed by atoms with E-state index in [1.165, 1.54) is 17.8 Å². The van der Waals surface area contributed by atoms with Crippen LogP contribution in [0.4, 0.5) is 27.9 Å². The van der Waals surface area contributed by atoms with E-state index < -0.39 is 18.2 Å². The Morgan fingerprint density at radius 1 is 1.36 bits per heavy atom. The summed E-state index contributed by atoms with van der Waals surface area (Å²) in [6.07, 6.45) is 0.347. The van der Waals surface area contributed by atoms with Gasteiger partial charge in [-0.1, -0.05) is 11.6 Å². The van der Waals surface area contributed by atoms with Gasteiger partial charge >= 0.3 is 6.09 Å². The second-order valence-electron chi connectivity index (χ2n) is 7.94. The van der Waals surface area contributed by atoms with Crippen LogP contribution in [-0.4, -0.2) is 69.7 Å². The third-order valence-electron chi connectivity index (χ3n) is 5.66. The number of alkyl carbamates (subject to hydrolysis) is 1. The molecule has 3 aromatic rings. The maximum Gasteiger partial charge on any atom is 0.407 e. The van der Waals surface area contributed by atoms with Gasteiger partial charge in [-0.2, -0.15) is 20.0 Å². The summed E-state index contributed by atoms with van der Waals surface area (Å²) < 4.78 is 5.98. The van der Waals surface area contributed by atoms with E-state index >= 15 is 0 Å². The molecule has 1 saturated heterocycles. The number of hydrogen-bond acceptors (Lipinski definition) is 11. The number of imidazole rings is 1. The van der Waals surface area contributed by atoms with Crippen LogP contribution in [0.25, 0.3) is 5.65 Å². The molecule has 4 N–H and O–H groups in total. The summed E-state index contributed by atoms with van der Waals surface area (Å²) >= 11 is 6.74. The van der Waals surface area contributed by atoms with Gasteiger partial charge in [-0.15, -0.1) is 5.10 Å². The number of carbonyl (C=O) groups is 1. The van der Waals surface area contributed by atoms with Crippen molar-refractivity contribution in [3.63, 3.8) is 0 Å². The lowest BCUT2D eigenvalue weighted by Gasteiger charge is -2.38. The first-order valence-electron chi connectivity index (χ1n) is 11.1. The molecule has 0 saturated carbocycles. The normalized spacial score (nSPS) is 17.2. The van der Waals surface area contributed by atoms with Gasteiger partial charge in [0.15, 0.2) is 17.2 Å². The minimum Gasteiger partial charge on any atom is -0.453 e. The Morgan fingerprint density at radius 3 is 2.83 bits per heavy atom. The van der Waals surface area contributed by atoms with Gasteiger partial charge < -0.3 is 30.7 Å². The maximum atomic E-state index is 11.5. The molecular weight excluding hydrogens is 488 g/mol. The van der Waals surface area contributed by atoms with E-state index in [0.29, 0.717) is 52.9 Å². The van der Waals surface area contributed by atoms with Gasteiger partial charge in [0.1, 0.15) is 6.07 Å². The Morgan fingerprint density at radius 2 is 2.17 bits per heavy atom. The van der Waals surface area contributed by atoms with Gasteiger partial charge in [0.05, 0.1) is 53.5 Å². The zero-order valence-electron chi connectivity index (χ0n) is 19.5. The minimum absolute atomic E-state index is 0.136. The number of fused-ring (bicyclic) bond motifs is 1. The standard InChI is InChI=1S/C22H23ClN10O3/c1-3-26-19-20-27-10-13(9-25)33(20)31-21(30-19)28-15-6-12(8-24)7-16(18(15)23)32-5-4-14(17(34)11-32)29-22(35)36-2/h6-7,10,14,17,34H,3-5,11H2,1-2H3,(H,29,35)(H2,26,28,30,31)/t14-,17+/m0/s1. The summed E-state index contributed by atoms with van der Waals surface area (Å²) in [5, 5.41) is 43.0. The Kier molecular flexibility index (Phi) is 7.24. The highest BCUT2D eigenvalue weighted by Crippen LogP contribution is 2.37. The molecule has 0 bridgehead atoms. The van der Waals surface area contributed by atoms with E-state index in [1.54, 1.807) is 12.1 Å². The van der Waals surface area contributed by atoms with Crippen LogP contribution in [0, 0.1) is 22.7 Å². The minimum atomic E-state index is -0.880. The van der Waals surface area contributed by atoms with Gasteiger partial charge in [0, 0.05) is 19.6 Å². The Hall–Kier alpha value is -4.33. The van der Waals surface area contributed by atoms with Crippen LogP contribution in [0.15, 0.2) is 18.3 Å². The largest absolute Gasteiger partial charge is 0.453 e. The van der Waals surface area contributed by atoms with Gasteiger partial charge in [-0.25, -0.2) is 9.78 Å². The highest BCUT2D eigenvalue weighted by Gasteiger charge is 2.31. The van der Waals surface area contributed by atoms with E-state index in [2.05, 4.69) is 41.8 Å². The SMILES string of the molecule is CCNc1nc(Nc2cc(C#N)cc(N3CC[C@H](NC(=O)OC)[C@H](O)C3)c2Cl)nn2c(C#N)cnc12. The van der Waals surface area contributed by atoms with Crippen molar-refractivity contribution in [2.45, 2.75) is 25.5 Å². The molecule has 0 unspecified atom stereocenters. The van der Waals surface area contributed by atoms with Crippen LogP contribution in [0.5, 0.6) is 0 Å². The summed E-state index contributed by atoms with van der Waals surface area (Å²) in [6, 6.07) is 6.87. The molecule has 1 aliphatic heterocycles.